The summed E-state index contributed by atoms with van der Waals surface area (Å²) < 4.78 is 0.891. The van der Waals surface area contributed by atoms with E-state index in [9.17, 15) is 10.2 Å². The topological polar surface area (TPSA) is 105 Å². The summed E-state index contributed by atoms with van der Waals surface area (Å²) in [5.74, 6) is 0. The van der Waals surface area contributed by atoms with Crippen molar-refractivity contribution >= 4 is 62.3 Å². The zero-order chi connectivity index (χ0) is 27.4. The van der Waals surface area contributed by atoms with Gasteiger partial charge in [-0.3, -0.25) is 4.90 Å². The Labute approximate surface area is 264 Å². The second kappa shape index (κ2) is 19.5. The smallest absolute Gasteiger partial charge is 0.684 e. The summed E-state index contributed by atoms with van der Waals surface area (Å²) in [4.78, 5) is 7.03. The standard InChI is InChI=1S/C18H23BrN4.C6H8Cl4O2.CH4O.Fe/c19-18-9-5-8-17(22-18)14-23(12-15-6-1-3-10-20-15)13-16-7-2-4-11-21-16;7-1-2(8)4(10)6(12)5(11)3(1)9;1-2;/h1,3,5-6,8-10,15-16H,2,4,7,11-14H2;1-6,11-12H;2H,1H3;/q-2;;;+4. The molecule has 1 aromatic rings. The predicted octanol–water partition coefficient (Wildman–Crippen LogP) is 5.16. The number of aliphatic hydroxyl groups excluding tert-OH is 3. The third-order valence-corrected chi connectivity index (χ3v) is 9.10. The number of aromatic nitrogens is 1. The van der Waals surface area contributed by atoms with E-state index in [0.29, 0.717) is 6.04 Å². The van der Waals surface area contributed by atoms with E-state index in [1.54, 1.807) is 0 Å². The van der Waals surface area contributed by atoms with Crippen LogP contribution in [0.3, 0.4) is 0 Å². The molecule has 0 amide bonds. The van der Waals surface area contributed by atoms with E-state index in [-0.39, 0.29) is 23.1 Å². The van der Waals surface area contributed by atoms with Gasteiger partial charge in [0, 0.05) is 13.7 Å². The minimum atomic E-state index is -1.12. The van der Waals surface area contributed by atoms with Gasteiger partial charge in [-0.15, -0.1) is 59.0 Å². The van der Waals surface area contributed by atoms with Crippen molar-refractivity contribution in [2.45, 2.75) is 71.6 Å². The van der Waals surface area contributed by atoms with E-state index in [1.165, 1.54) is 19.3 Å². The first-order chi connectivity index (χ1) is 17.8. The SMILES string of the molecule is Brc1cccc(CN(CC2C=CC=C[N-]2)CC2CCCC[N-]2)n1.CO.OC1C(O)C(Cl)C(Cl)C(Cl)C1Cl.[Fe+4]. The van der Waals surface area contributed by atoms with E-state index in [2.05, 4.69) is 49.3 Å². The Morgan fingerprint density at radius 3 is 2.16 bits per heavy atom. The van der Waals surface area contributed by atoms with Crippen LogP contribution >= 0.6 is 62.3 Å². The van der Waals surface area contributed by atoms with Crippen molar-refractivity contribution < 1.29 is 32.4 Å². The molecule has 8 unspecified atom stereocenters. The van der Waals surface area contributed by atoms with Gasteiger partial charge in [0.1, 0.15) is 4.60 Å². The van der Waals surface area contributed by atoms with Crippen LogP contribution in [0.1, 0.15) is 25.0 Å². The molecule has 1 saturated carbocycles. The van der Waals surface area contributed by atoms with Gasteiger partial charge in [-0.25, -0.2) is 4.98 Å². The molecule has 8 atom stereocenters. The summed E-state index contributed by atoms with van der Waals surface area (Å²) in [5, 5.41) is 32.1. The van der Waals surface area contributed by atoms with Crippen LogP contribution in [0, 0.1) is 0 Å². The number of hydrogen-bond donors (Lipinski definition) is 3. The third kappa shape index (κ3) is 11.7. The van der Waals surface area contributed by atoms with Crippen LogP contribution < -0.4 is 0 Å². The van der Waals surface area contributed by atoms with Crippen molar-refractivity contribution in [2.75, 3.05) is 26.7 Å². The normalized spacial score (nSPS) is 32.2. The van der Waals surface area contributed by atoms with Crippen molar-refractivity contribution in [3.05, 3.63) is 63.6 Å². The molecule has 2 aliphatic heterocycles. The Balaban J connectivity index is 0.000000410. The zero-order valence-corrected chi connectivity index (χ0v) is 26.7. The molecule has 0 spiro atoms. The Bertz CT molecular complexity index is 798. The number of piperidine rings is 1. The maximum atomic E-state index is 9.30. The summed E-state index contributed by atoms with van der Waals surface area (Å²) in [6, 6.07) is 6.79. The Kier molecular flexibility index (Phi) is 18.7. The first-order valence-corrected chi connectivity index (χ1v) is 14.7. The van der Waals surface area contributed by atoms with Crippen molar-refractivity contribution in [1.82, 2.24) is 9.88 Å². The number of aliphatic hydroxyl groups is 3. The molecule has 1 aliphatic carbocycles. The summed E-state index contributed by atoms with van der Waals surface area (Å²) in [6.07, 6.45) is 9.64. The molecular weight excluding hydrogens is 682 g/mol. The zero-order valence-electron chi connectivity index (χ0n) is 21.0. The van der Waals surface area contributed by atoms with Crippen LogP contribution in [0.25, 0.3) is 10.6 Å². The van der Waals surface area contributed by atoms with Crippen LogP contribution in [0.4, 0.5) is 0 Å². The van der Waals surface area contributed by atoms with E-state index in [0.717, 1.165) is 43.6 Å². The number of rotatable bonds is 6. The average Bonchev–Trinajstić information content (AvgIpc) is 2.92. The van der Waals surface area contributed by atoms with Gasteiger partial charge in [0.2, 0.25) is 0 Å². The second-order valence-electron chi connectivity index (χ2n) is 8.90. The maximum Gasteiger partial charge on any atom is 4.00 e. The van der Waals surface area contributed by atoms with Crippen LogP contribution in [0.2, 0.25) is 0 Å². The Morgan fingerprint density at radius 2 is 1.63 bits per heavy atom. The Hall–Kier alpha value is 0.389. The van der Waals surface area contributed by atoms with Gasteiger partial charge in [-0.1, -0.05) is 49.6 Å². The molecule has 13 heteroatoms. The summed E-state index contributed by atoms with van der Waals surface area (Å²) in [6.45, 7) is 3.78. The largest absolute Gasteiger partial charge is 4.00 e. The summed E-state index contributed by atoms with van der Waals surface area (Å²) in [5.41, 5.74) is 1.09. The predicted molar refractivity (Wildman–Crippen MR) is 157 cm³/mol. The van der Waals surface area contributed by atoms with Crippen molar-refractivity contribution in [3.8, 4) is 0 Å². The van der Waals surface area contributed by atoms with Crippen LogP contribution in [0.15, 0.2) is 47.2 Å². The molecule has 1 aromatic heterocycles. The van der Waals surface area contributed by atoms with Crippen LogP contribution in [-0.4, -0.2) is 97.7 Å². The quantitative estimate of drug-likeness (QED) is 0.215. The average molecular weight is 717 g/mol. The van der Waals surface area contributed by atoms with Gasteiger partial charge < -0.3 is 26.0 Å². The van der Waals surface area contributed by atoms with Gasteiger partial charge in [-0.2, -0.15) is 6.20 Å². The van der Waals surface area contributed by atoms with Crippen molar-refractivity contribution in [1.29, 1.82) is 0 Å². The van der Waals surface area contributed by atoms with Gasteiger partial charge in [0.05, 0.1) is 39.4 Å². The van der Waals surface area contributed by atoms with Crippen LogP contribution in [-0.2, 0) is 23.6 Å². The van der Waals surface area contributed by atoms with Gasteiger partial charge >= 0.3 is 17.1 Å². The molecule has 3 aliphatic rings. The first kappa shape index (κ1) is 36.4. The van der Waals surface area contributed by atoms with E-state index < -0.39 is 33.7 Å². The summed E-state index contributed by atoms with van der Waals surface area (Å²) >= 11 is 26.3. The van der Waals surface area contributed by atoms with Crippen molar-refractivity contribution in [2.24, 2.45) is 0 Å². The molecule has 38 heavy (non-hydrogen) atoms. The molecule has 1 saturated heterocycles. The molecule has 0 aromatic carbocycles. The molecule has 3 N–H and O–H groups in total. The van der Waals surface area contributed by atoms with Gasteiger partial charge in [0.15, 0.2) is 0 Å². The fourth-order valence-corrected chi connectivity index (χ4v) is 5.96. The molecule has 0 bridgehead atoms. The minimum absolute atomic E-state index is 0. The van der Waals surface area contributed by atoms with Gasteiger partial charge in [0.25, 0.3) is 0 Å². The number of allylic oxidation sites excluding steroid dienone is 2. The molecular formula is C25H35BrCl4FeN4O3+2. The third-order valence-electron chi connectivity index (χ3n) is 6.13. The minimum Gasteiger partial charge on any atom is -0.684 e. The van der Waals surface area contributed by atoms with Gasteiger partial charge in [-0.05, 0) is 41.2 Å². The fraction of sp³-hybridized carbons (Fsp3) is 0.640. The number of halogens is 5. The fourth-order valence-electron chi connectivity index (χ4n) is 4.20. The molecule has 0 radical (unpaired) electrons. The number of alkyl halides is 4. The number of pyridine rings is 1. The van der Waals surface area contributed by atoms with E-state index in [4.69, 9.17) is 56.8 Å². The molecule has 3 heterocycles. The second-order valence-corrected chi connectivity index (χ2v) is 11.7. The van der Waals surface area contributed by atoms with Crippen molar-refractivity contribution in [3.63, 3.8) is 0 Å². The maximum absolute atomic E-state index is 9.30. The number of hydrogen-bond acceptors (Lipinski definition) is 5. The molecule has 7 nitrogen and oxygen atoms in total. The van der Waals surface area contributed by atoms with Crippen LogP contribution in [0.5, 0.6) is 0 Å². The molecule has 4 rings (SSSR count). The first-order valence-electron chi connectivity index (χ1n) is 12.2. The molecule has 214 valence electrons. The monoisotopic (exact) mass is 714 g/mol. The molecule has 2 fully saturated rings. The summed E-state index contributed by atoms with van der Waals surface area (Å²) in [7, 11) is 1.00. The number of nitrogens with zero attached hydrogens (tertiary/aromatic N) is 4. The Morgan fingerprint density at radius 1 is 0.974 bits per heavy atom. The van der Waals surface area contributed by atoms with E-state index in [1.807, 2.05) is 24.4 Å². The van der Waals surface area contributed by atoms with E-state index >= 15 is 0 Å².